The summed E-state index contributed by atoms with van der Waals surface area (Å²) in [6, 6.07) is 19.3. The van der Waals surface area contributed by atoms with Gasteiger partial charge in [0.2, 0.25) is 0 Å². The van der Waals surface area contributed by atoms with E-state index in [2.05, 4.69) is 38.4 Å². The molecule has 0 saturated carbocycles. The van der Waals surface area contributed by atoms with Crippen LogP contribution in [-0.4, -0.2) is 44.2 Å². The molecule has 36 heavy (non-hydrogen) atoms. The summed E-state index contributed by atoms with van der Waals surface area (Å²) in [5.74, 6) is 1.41. The molecular weight excluding hydrogens is 456 g/mol. The first-order chi connectivity index (χ1) is 17.6. The average molecular weight is 481 g/mol. The van der Waals surface area contributed by atoms with E-state index in [1.807, 2.05) is 30.5 Å². The fourth-order valence-corrected chi connectivity index (χ4v) is 4.12. The van der Waals surface area contributed by atoms with Gasteiger partial charge in [0.15, 0.2) is 0 Å². The predicted molar refractivity (Wildman–Crippen MR) is 132 cm³/mol. The van der Waals surface area contributed by atoms with Gasteiger partial charge in [-0.2, -0.15) is 14.9 Å². The number of piperidine rings is 1. The van der Waals surface area contributed by atoms with Gasteiger partial charge in [-0.25, -0.2) is 14.6 Å². The van der Waals surface area contributed by atoms with Crippen molar-refractivity contribution < 1.29 is 9.59 Å². The summed E-state index contributed by atoms with van der Waals surface area (Å²) >= 11 is 0. The lowest BCUT2D eigenvalue weighted by Crippen LogP contribution is -2.30. The second kappa shape index (κ2) is 11.5. The van der Waals surface area contributed by atoms with E-state index < -0.39 is 0 Å². The lowest BCUT2D eigenvalue weighted by Gasteiger charge is -2.27. The normalized spacial score (nSPS) is 12.7. The van der Waals surface area contributed by atoms with Crippen LogP contribution in [0, 0.1) is 11.3 Å². The van der Waals surface area contributed by atoms with Crippen LogP contribution in [0.4, 0.5) is 11.6 Å². The summed E-state index contributed by atoms with van der Waals surface area (Å²) in [6.07, 6.45) is 5.87. The monoisotopic (exact) mass is 480 g/mol. The van der Waals surface area contributed by atoms with Gasteiger partial charge in [0.25, 0.3) is 0 Å². The van der Waals surface area contributed by atoms with E-state index in [1.165, 1.54) is 19.3 Å². The molecule has 10 heteroatoms. The van der Waals surface area contributed by atoms with Crippen molar-refractivity contribution in [2.45, 2.75) is 25.8 Å². The molecule has 10 nitrogen and oxygen atoms in total. The van der Waals surface area contributed by atoms with Crippen LogP contribution >= 0.6 is 0 Å². The van der Waals surface area contributed by atoms with E-state index in [4.69, 9.17) is 20.3 Å². The van der Waals surface area contributed by atoms with Gasteiger partial charge >= 0.3 is 6.15 Å². The van der Waals surface area contributed by atoms with Gasteiger partial charge in [-0.3, -0.25) is 0 Å². The number of rotatable bonds is 5. The lowest BCUT2D eigenvalue weighted by atomic mass is 10.1. The summed E-state index contributed by atoms with van der Waals surface area (Å²) in [5.41, 5.74) is 10.6. The molecule has 0 atom stereocenters. The molecule has 0 bridgehead atoms. The van der Waals surface area contributed by atoms with Gasteiger partial charge in [-0.05, 0) is 55.7 Å². The molecule has 1 aliphatic heterocycles. The Balaban J connectivity index is 0.000000967. The number of hydrogen-bond donors (Lipinski definition) is 1. The standard InChI is InChI=1S/C25H24N8.CO2/c26-15-18-6-4-7-19(12-18)22-13-20(14-24(27)29-22)23-17-33(31-30-23)16-21-8-5-9-25(28-21)32-10-2-1-3-11-32;2-1-3/h4-9,12-14,17H,1-3,10-11,16H2,(H2,27,29);. The number of anilines is 2. The number of aromatic nitrogens is 5. The predicted octanol–water partition coefficient (Wildman–Crippen LogP) is 3.31. The van der Waals surface area contributed by atoms with Crippen LogP contribution in [0.1, 0.15) is 30.5 Å². The van der Waals surface area contributed by atoms with E-state index in [9.17, 15) is 5.26 Å². The van der Waals surface area contributed by atoms with Crippen molar-refractivity contribution in [2.75, 3.05) is 23.7 Å². The van der Waals surface area contributed by atoms with E-state index >= 15 is 0 Å². The smallest absolute Gasteiger partial charge is 0.373 e. The van der Waals surface area contributed by atoms with Crippen molar-refractivity contribution in [3.8, 4) is 28.6 Å². The zero-order valence-electron chi connectivity index (χ0n) is 19.5. The summed E-state index contributed by atoms with van der Waals surface area (Å²) in [5, 5.41) is 17.8. The summed E-state index contributed by atoms with van der Waals surface area (Å²) in [6.45, 7) is 2.66. The Morgan fingerprint density at radius 1 is 0.917 bits per heavy atom. The second-order valence-electron chi connectivity index (χ2n) is 8.28. The molecule has 3 aromatic heterocycles. The second-order valence-corrected chi connectivity index (χ2v) is 8.28. The fourth-order valence-electron chi connectivity index (χ4n) is 4.12. The maximum absolute atomic E-state index is 9.19. The average Bonchev–Trinajstić information content (AvgIpc) is 3.38. The number of hydrogen-bond acceptors (Lipinski definition) is 9. The number of nitrogens with zero attached hydrogens (tertiary/aromatic N) is 7. The van der Waals surface area contributed by atoms with Gasteiger partial charge in [0.05, 0.1) is 35.8 Å². The first-order valence-electron chi connectivity index (χ1n) is 11.5. The molecule has 180 valence electrons. The maximum atomic E-state index is 9.19. The molecule has 0 aliphatic carbocycles. The van der Waals surface area contributed by atoms with Crippen LogP contribution in [0.3, 0.4) is 0 Å². The number of pyridine rings is 2. The molecule has 1 aromatic carbocycles. The first kappa shape index (κ1) is 24.3. The van der Waals surface area contributed by atoms with Gasteiger partial charge in [0, 0.05) is 24.2 Å². The third kappa shape index (κ3) is 5.97. The molecule has 0 unspecified atom stereocenters. The Hall–Kier alpha value is -4.87. The van der Waals surface area contributed by atoms with Crippen molar-refractivity contribution >= 4 is 17.8 Å². The van der Waals surface area contributed by atoms with Gasteiger partial charge < -0.3 is 10.6 Å². The maximum Gasteiger partial charge on any atom is 0.373 e. The molecule has 2 N–H and O–H groups in total. The Labute approximate surface area is 208 Å². The quantitative estimate of drug-likeness (QED) is 0.455. The molecule has 0 radical (unpaired) electrons. The Bertz CT molecular complexity index is 1410. The molecule has 0 spiro atoms. The Morgan fingerprint density at radius 2 is 1.69 bits per heavy atom. The van der Waals surface area contributed by atoms with Gasteiger partial charge in [0.1, 0.15) is 17.3 Å². The van der Waals surface area contributed by atoms with E-state index in [-0.39, 0.29) is 6.15 Å². The third-order valence-electron chi connectivity index (χ3n) is 5.76. The summed E-state index contributed by atoms with van der Waals surface area (Å²) < 4.78 is 1.78. The molecule has 0 amide bonds. The molecular formula is C26H24N8O2. The zero-order chi connectivity index (χ0) is 25.3. The summed E-state index contributed by atoms with van der Waals surface area (Å²) in [4.78, 5) is 27.9. The van der Waals surface area contributed by atoms with E-state index in [1.54, 1.807) is 22.9 Å². The lowest BCUT2D eigenvalue weighted by molar-refractivity contribution is -0.191. The van der Waals surface area contributed by atoms with Crippen molar-refractivity contribution in [1.82, 2.24) is 25.0 Å². The van der Waals surface area contributed by atoms with Crippen molar-refractivity contribution in [3.05, 3.63) is 72.1 Å². The van der Waals surface area contributed by atoms with Gasteiger partial charge in [-0.1, -0.05) is 23.4 Å². The minimum Gasteiger partial charge on any atom is -0.384 e. The minimum atomic E-state index is 0.250. The molecule has 1 saturated heterocycles. The van der Waals surface area contributed by atoms with E-state index in [0.717, 1.165) is 35.7 Å². The summed E-state index contributed by atoms with van der Waals surface area (Å²) in [7, 11) is 0. The molecule has 4 aromatic rings. The van der Waals surface area contributed by atoms with Crippen LogP contribution in [0.15, 0.2) is 60.8 Å². The topological polar surface area (TPSA) is 144 Å². The molecule has 5 rings (SSSR count). The molecule has 1 aliphatic rings. The van der Waals surface area contributed by atoms with Gasteiger partial charge in [-0.15, -0.1) is 5.10 Å². The minimum absolute atomic E-state index is 0.250. The van der Waals surface area contributed by atoms with Crippen LogP contribution in [-0.2, 0) is 16.1 Å². The van der Waals surface area contributed by atoms with Crippen LogP contribution in [0.2, 0.25) is 0 Å². The largest absolute Gasteiger partial charge is 0.384 e. The van der Waals surface area contributed by atoms with Crippen molar-refractivity contribution in [3.63, 3.8) is 0 Å². The van der Waals surface area contributed by atoms with E-state index in [0.29, 0.717) is 29.3 Å². The molecule has 4 heterocycles. The first-order valence-corrected chi connectivity index (χ1v) is 11.5. The molecule has 1 fully saturated rings. The van der Waals surface area contributed by atoms with Crippen LogP contribution in [0.25, 0.3) is 22.5 Å². The Morgan fingerprint density at radius 3 is 2.47 bits per heavy atom. The fraction of sp³-hybridized carbons (Fsp3) is 0.231. The number of nitrogens with two attached hydrogens (primary N) is 1. The zero-order valence-corrected chi connectivity index (χ0v) is 19.5. The highest BCUT2D eigenvalue weighted by molar-refractivity contribution is 5.71. The highest BCUT2D eigenvalue weighted by Gasteiger charge is 2.13. The number of nitriles is 1. The van der Waals surface area contributed by atoms with Crippen molar-refractivity contribution in [2.24, 2.45) is 0 Å². The number of benzene rings is 1. The van der Waals surface area contributed by atoms with Crippen LogP contribution in [0.5, 0.6) is 0 Å². The Kier molecular flexibility index (Phi) is 7.76. The SMILES string of the molecule is N#Cc1cccc(-c2cc(-c3cn(Cc4cccc(N5CCCCC5)n4)nn3)cc(N)n2)c1.O=C=O. The highest BCUT2D eigenvalue weighted by atomic mass is 16.2. The van der Waals surface area contributed by atoms with Crippen LogP contribution < -0.4 is 10.6 Å². The number of nitrogen functional groups attached to an aromatic ring is 1. The highest BCUT2D eigenvalue weighted by Crippen LogP contribution is 2.26. The third-order valence-corrected chi connectivity index (χ3v) is 5.76. The van der Waals surface area contributed by atoms with Crippen molar-refractivity contribution in [1.29, 1.82) is 5.26 Å². The number of carbonyl (C=O) groups excluding carboxylic acids is 2.